The standard InChI is InChI=1S/C30H22F8O/c1-2-3-4-5-17-6-8-18(9-7-17)19-10-11-22(23(31)12-19)20-13-24(32)28(25(33)14-20)30(37,38)39-21-15-26(34)29(36)27(35)16-21/h6-16H,2-5H2,1H3. The van der Waals surface area contributed by atoms with Gasteiger partial charge in [-0.3, -0.25) is 0 Å². The smallest absolute Gasteiger partial charge is 0.429 e. The molecule has 0 unspecified atom stereocenters. The largest absolute Gasteiger partial charge is 0.432 e. The molecule has 0 aromatic heterocycles. The van der Waals surface area contributed by atoms with Crippen molar-refractivity contribution in [2.45, 2.75) is 38.7 Å². The zero-order valence-electron chi connectivity index (χ0n) is 20.6. The molecule has 0 heterocycles. The van der Waals surface area contributed by atoms with E-state index in [1.807, 2.05) is 24.3 Å². The highest BCUT2D eigenvalue weighted by Gasteiger charge is 2.41. The highest BCUT2D eigenvalue weighted by atomic mass is 19.3. The minimum Gasteiger partial charge on any atom is -0.429 e. The number of alkyl halides is 2. The van der Waals surface area contributed by atoms with Gasteiger partial charge in [0.1, 0.15) is 28.8 Å². The molecule has 0 spiro atoms. The number of benzene rings is 4. The van der Waals surface area contributed by atoms with E-state index in [-0.39, 0.29) is 23.3 Å². The van der Waals surface area contributed by atoms with Gasteiger partial charge in [-0.25, -0.2) is 26.3 Å². The van der Waals surface area contributed by atoms with E-state index in [4.69, 9.17) is 0 Å². The van der Waals surface area contributed by atoms with Crippen molar-refractivity contribution in [3.05, 3.63) is 113 Å². The maximum Gasteiger partial charge on any atom is 0.432 e. The van der Waals surface area contributed by atoms with E-state index in [0.29, 0.717) is 17.7 Å². The van der Waals surface area contributed by atoms with Gasteiger partial charge in [0.25, 0.3) is 0 Å². The summed E-state index contributed by atoms with van der Waals surface area (Å²) in [5.74, 6) is -11.2. The molecule has 0 aliphatic heterocycles. The van der Waals surface area contributed by atoms with Crippen LogP contribution in [0.15, 0.2) is 66.7 Å². The fraction of sp³-hybridized carbons (Fsp3) is 0.200. The van der Waals surface area contributed by atoms with Crippen molar-refractivity contribution in [1.82, 2.24) is 0 Å². The Morgan fingerprint density at radius 2 is 1.18 bits per heavy atom. The van der Waals surface area contributed by atoms with E-state index in [9.17, 15) is 35.1 Å². The number of hydrogen-bond donors (Lipinski definition) is 0. The second kappa shape index (κ2) is 11.5. The molecule has 0 radical (unpaired) electrons. The van der Waals surface area contributed by atoms with E-state index in [0.717, 1.165) is 36.8 Å². The Labute approximate surface area is 219 Å². The summed E-state index contributed by atoms with van der Waals surface area (Å²) < 4.78 is 117. The Morgan fingerprint density at radius 3 is 1.74 bits per heavy atom. The summed E-state index contributed by atoms with van der Waals surface area (Å²) in [5.41, 5.74) is -0.103. The number of ether oxygens (including phenoxy) is 1. The van der Waals surface area contributed by atoms with Crippen LogP contribution >= 0.6 is 0 Å². The van der Waals surface area contributed by atoms with Crippen LogP contribution < -0.4 is 4.74 Å². The number of hydrogen-bond acceptors (Lipinski definition) is 1. The van der Waals surface area contributed by atoms with E-state index in [2.05, 4.69) is 11.7 Å². The summed E-state index contributed by atoms with van der Waals surface area (Å²) in [6.45, 7) is 2.12. The maximum atomic E-state index is 15.0. The van der Waals surface area contributed by atoms with Gasteiger partial charge < -0.3 is 4.74 Å². The molecule has 4 rings (SSSR count). The molecule has 0 aliphatic rings. The summed E-state index contributed by atoms with van der Waals surface area (Å²) in [6.07, 6.45) is -0.526. The molecule has 0 atom stereocenters. The van der Waals surface area contributed by atoms with Crippen molar-refractivity contribution in [1.29, 1.82) is 0 Å². The first-order valence-corrected chi connectivity index (χ1v) is 12.1. The van der Waals surface area contributed by atoms with Gasteiger partial charge in [0.2, 0.25) is 0 Å². The van der Waals surface area contributed by atoms with Crippen molar-refractivity contribution in [3.63, 3.8) is 0 Å². The Kier molecular flexibility index (Phi) is 8.28. The van der Waals surface area contributed by atoms with Crippen LogP contribution in [0.4, 0.5) is 35.1 Å². The third kappa shape index (κ3) is 6.24. The van der Waals surface area contributed by atoms with E-state index in [1.165, 1.54) is 18.2 Å². The van der Waals surface area contributed by atoms with Crippen molar-refractivity contribution in [2.24, 2.45) is 0 Å². The van der Waals surface area contributed by atoms with Gasteiger partial charge >= 0.3 is 6.11 Å². The maximum absolute atomic E-state index is 15.0. The van der Waals surface area contributed by atoms with E-state index >= 15 is 0 Å². The van der Waals surface area contributed by atoms with E-state index < -0.39 is 52.3 Å². The first kappa shape index (κ1) is 28.1. The average Bonchev–Trinajstić information content (AvgIpc) is 2.87. The van der Waals surface area contributed by atoms with Gasteiger partial charge in [0.15, 0.2) is 17.5 Å². The molecule has 39 heavy (non-hydrogen) atoms. The number of aryl methyl sites for hydroxylation is 1. The molecule has 0 saturated heterocycles. The lowest BCUT2D eigenvalue weighted by atomic mass is 9.97. The van der Waals surface area contributed by atoms with Gasteiger partial charge in [-0.1, -0.05) is 56.2 Å². The van der Waals surface area contributed by atoms with Crippen LogP contribution in [0, 0.1) is 34.9 Å². The van der Waals surface area contributed by atoms with Gasteiger partial charge in [-0.15, -0.1) is 0 Å². The summed E-state index contributed by atoms with van der Waals surface area (Å²) in [6, 6.07) is 12.7. The van der Waals surface area contributed by atoms with Crippen LogP contribution in [0.25, 0.3) is 22.3 Å². The van der Waals surface area contributed by atoms with Crippen LogP contribution in [-0.4, -0.2) is 0 Å². The first-order valence-electron chi connectivity index (χ1n) is 12.1. The minimum absolute atomic E-state index is 0.105. The molecule has 0 amide bonds. The van der Waals surface area contributed by atoms with Crippen molar-refractivity contribution < 1.29 is 39.9 Å². The lowest BCUT2D eigenvalue weighted by molar-refractivity contribution is -0.189. The lowest BCUT2D eigenvalue weighted by Gasteiger charge is -2.20. The normalized spacial score (nSPS) is 11.6. The van der Waals surface area contributed by atoms with Crippen LogP contribution in [0.1, 0.15) is 37.3 Å². The molecule has 0 fully saturated rings. The average molecular weight is 550 g/mol. The topological polar surface area (TPSA) is 9.23 Å². The summed E-state index contributed by atoms with van der Waals surface area (Å²) in [4.78, 5) is 0. The second-order valence-electron chi connectivity index (χ2n) is 8.98. The fourth-order valence-electron chi connectivity index (χ4n) is 4.17. The molecule has 4 aromatic carbocycles. The highest BCUT2D eigenvalue weighted by Crippen LogP contribution is 2.38. The highest BCUT2D eigenvalue weighted by molar-refractivity contribution is 5.71. The zero-order valence-corrected chi connectivity index (χ0v) is 20.6. The molecule has 204 valence electrons. The van der Waals surface area contributed by atoms with Crippen molar-refractivity contribution in [3.8, 4) is 28.0 Å². The van der Waals surface area contributed by atoms with Crippen molar-refractivity contribution >= 4 is 0 Å². The number of rotatable bonds is 9. The Morgan fingerprint density at radius 1 is 0.615 bits per heavy atom. The van der Waals surface area contributed by atoms with Gasteiger partial charge in [-0.2, -0.15) is 8.78 Å². The molecule has 4 aromatic rings. The van der Waals surface area contributed by atoms with Crippen LogP contribution in [-0.2, 0) is 12.5 Å². The SMILES string of the molecule is CCCCCc1ccc(-c2ccc(-c3cc(F)c(C(F)(F)Oc4cc(F)c(F)c(F)c4)c(F)c3)c(F)c2)cc1. The number of unbranched alkanes of at least 4 members (excludes halogenated alkanes) is 2. The molecule has 0 N–H and O–H groups in total. The van der Waals surface area contributed by atoms with E-state index in [1.54, 1.807) is 0 Å². The summed E-state index contributed by atoms with van der Waals surface area (Å²) in [5, 5.41) is 0. The number of halogens is 8. The fourth-order valence-corrected chi connectivity index (χ4v) is 4.17. The van der Waals surface area contributed by atoms with Gasteiger partial charge in [0.05, 0.1) is 0 Å². The molecule has 0 aliphatic carbocycles. The molecular formula is C30H22F8O. The van der Waals surface area contributed by atoms with Crippen LogP contribution in [0.3, 0.4) is 0 Å². The predicted octanol–water partition coefficient (Wildman–Crippen LogP) is 9.72. The zero-order chi connectivity index (χ0) is 28.3. The Hall–Kier alpha value is -3.88. The van der Waals surface area contributed by atoms with Crippen LogP contribution in [0.2, 0.25) is 0 Å². The molecular weight excluding hydrogens is 528 g/mol. The molecule has 9 heteroatoms. The van der Waals surface area contributed by atoms with Crippen molar-refractivity contribution in [2.75, 3.05) is 0 Å². The Balaban J connectivity index is 1.58. The predicted molar refractivity (Wildman–Crippen MR) is 131 cm³/mol. The Bertz CT molecular complexity index is 1440. The van der Waals surface area contributed by atoms with Gasteiger partial charge in [0, 0.05) is 17.7 Å². The summed E-state index contributed by atoms with van der Waals surface area (Å²) in [7, 11) is 0. The third-order valence-corrected chi connectivity index (χ3v) is 6.17. The minimum atomic E-state index is -4.74. The molecule has 0 saturated carbocycles. The molecule has 0 bridgehead atoms. The van der Waals surface area contributed by atoms with Crippen LogP contribution in [0.5, 0.6) is 5.75 Å². The first-order chi connectivity index (χ1) is 18.5. The third-order valence-electron chi connectivity index (χ3n) is 6.17. The van der Waals surface area contributed by atoms with Gasteiger partial charge in [-0.05, 0) is 53.3 Å². The lowest BCUT2D eigenvalue weighted by Crippen LogP contribution is -2.25. The summed E-state index contributed by atoms with van der Waals surface area (Å²) >= 11 is 0. The molecule has 1 nitrogen and oxygen atoms in total. The second-order valence-corrected chi connectivity index (χ2v) is 8.98. The monoisotopic (exact) mass is 550 g/mol. The quantitative estimate of drug-likeness (QED) is 0.115.